The number of hydrogen-bond donors (Lipinski definition) is 2. The lowest BCUT2D eigenvalue weighted by Crippen LogP contribution is -2.45. The van der Waals surface area contributed by atoms with Crippen molar-refractivity contribution in [3.63, 3.8) is 0 Å². The maximum atomic E-state index is 9.76. The van der Waals surface area contributed by atoms with E-state index in [0.29, 0.717) is 6.54 Å². The summed E-state index contributed by atoms with van der Waals surface area (Å²) < 4.78 is 0. The molecule has 0 saturated carbocycles. The molecule has 4 heteroatoms. The van der Waals surface area contributed by atoms with E-state index in [-0.39, 0.29) is 12.0 Å². The molecule has 0 aliphatic carbocycles. The van der Waals surface area contributed by atoms with Crippen LogP contribution in [0.2, 0.25) is 0 Å². The van der Waals surface area contributed by atoms with Gasteiger partial charge in [0.05, 0.1) is 6.61 Å². The third kappa shape index (κ3) is 3.25. The minimum Gasteiger partial charge on any atom is -0.396 e. The molecule has 19 heavy (non-hydrogen) atoms. The van der Waals surface area contributed by atoms with E-state index in [9.17, 15) is 5.11 Å². The summed E-state index contributed by atoms with van der Waals surface area (Å²) in [4.78, 5) is 6.80. The normalized spacial score (nSPS) is 23.6. The summed E-state index contributed by atoms with van der Waals surface area (Å²) in [6, 6.07) is 4.08. The van der Waals surface area contributed by atoms with Crippen molar-refractivity contribution in [1.82, 2.24) is 4.98 Å². The second-order valence-electron chi connectivity index (χ2n) is 5.66. The van der Waals surface area contributed by atoms with Gasteiger partial charge in [0, 0.05) is 31.2 Å². The molecule has 1 fully saturated rings. The largest absolute Gasteiger partial charge is 0.396 e. The number of rotatable bonds is 5. The second-order valence-corrected chi connectivity index (χ2v) is 5.66. The standard InChI is InChI=1S/C15H25N3O/c1-2-6-15(12-19)7-3-8-18(11-15)14-5-4-13(9-16)10-17-14/h4-5,10,19H,2-3,6-9,11-12,16H2,1H3/t15-/m0/s1. The summed E-state index contributed by atoms with van der Waals surface area (Å²) in [5.41, 5.74) is 6.71. The van der Waals surface area contributed by atoms with Crippen LogP contribution >= 0.6 is 0 Å². The van der Waals surface area contributed by atoms with Crippen LogP contribution in [0.25, 0.3) is 0 Å². The number of aromatic nitrogens is 1. The quantitative estimate of drug-likeness (QED) is 0.852. The number of piperidine rings is 1. The highest BCUT2D eigenvalue weighted by Crippen LogP contribution is 2.35. The molecule has 0 amide bonds. The van der Waals surface area contributed by atoms with E-state index in [1.807, 2.05) is 18.3 Å². The highest BCUT2D eigenvalue weighted by atomic mass is 16.3. The van der Waals surface area contributed by atoms with Gasteiger partial charge in [-0.2, -0.15) is 0 Å². The Hall–Kier alpha value is -1.13. The van der Waals surface area contributed by atoms with Gasteiger partial charge < -0.3 is 15.7 Å². The van der Waals surface area contributed by atoms with Crippen LogP contribution in [0.5, 0.6) is 0 Å². The molecule has 1 saturated heterocycles. The van der Waals surface area contributed by atoms with Crippen LogP contribution in [0.15, 0.2) is 18.3 Å². The van der Waals surface area contributed by atoms with Gasteiger partial charge >= 0.3 is 0 Å². The molecule has 0 bridgehead atoms. The van der Waals surface area contributed by atoms with Crippen LogP contribution in [0.4, 0.5) is 5.82 Å². The zero-order chi connectivity index (χ0) is 13.7. The number of anilines is 1. The van der Waals surface area contributed by atoms with Gasteiger partial charge in [0.15, 0.2) is 0 Å². The molecule has 106 valence electrons. The van der Waals surface area contributed by atoms with Crippen LogP contribution in [-0.4, -0.2) is 29.8 Å². The fraction of sp³-hybridized carbons (Fsp3) is 0.667. The van der Waals surface area contributed by atoms with Crippen LogP contribution in [0.1, 0.15) is 38.2 Å². The van der Waals surface area contributed by atoms with E-state index < -0.39 is 0 Å². The summed E-state index contributed by atoms with van der Waals surface area (Å²) >= 11 is 0. The molecular weight excluding hydrogens is 238 g/mol. The zero-order valence-corrected chi connectivity index (χ0v) is 11.8. The lowest BCUT2D eigenvalue weighted by Gasteiger charge is -2.42. The fourth-order valence-electron chi connectivity index (χ4n) is 3.07. The Morgan fingerprint density at radius 2 is 2.32 bits per heavy atom. The molecule has 1 atom stereocenters. The number of aliphatic hydroxyl groups excluding tert-OH is 1. The molecule has 1 aliphatic heterocycles. The number of nitrogens with zero attached hydrogens (tertiary/aromatic N) is 2. The minimum absolute atomic E-state index is 0.0568. The Morgan fingerprint density at radius 3 is 2.89 bits per heavy atom. The molecule has 1 aromatic heterocycles. The first-order valence-electron chi connectivity index (χ1n) is 7.24. The van der Waals surface area contributed by atoms with Gasteiger partial charge in [-0.15, -0.1) is 0 Å². The highest BCUT2D eigenvalue weighted by Gasteiger charge is 2.34. The van der Waals surface area contributed by atoms with Crippen LogP contribution in [-0.2, 0) is 6.54 Å². The lowest BCUT2D eigenvalue weighted by atomic mass is 9.77. The summed E-state index contributed by atoms with van der Waals surface area (Å²) in [5.74, 6) is 1.01. The number of nitrogens with two attached hydrogens (primary N) is 1. The predicted molar refractivity (Wildman–Crippen MR) is 78.0 cm³/mol. The Morgan fingerprint density at radius 1 is 1.47 bits per heavy atom. The molecular formula is C15H25N3O. The summed E-state index contributed by atoms with van der Waals surface area (Å²) in [7, 11) is 0. The molecule has 0 spiro atoms. The van der Waals surface area contributed by atoms with Gasteiger partial charge in [0.25, 0.3) is 0 Å². The molecule has 0 aromatic carbocycles. The van der Waals surface area contributed by atoms with Crippen LogP contribution in [0.3, 0.4) is 0 Å². The van der Waals surface area contributed by atoms with Crippen molar-refractivity contribution in [2.75, 3.05) is 24.6 Å². The van der Waals surface area contributed by atoms with Crippen molar-refractivity contribution < 1.29 is 5.11 Å². The van der Waals surface area contributed by atoms with Crippen molar-refractivity contribution in [3.05, 3.63) is 23.9 Å². The van der Waals surface area contributed by atoms with E-state index in [1.165, 1.54) is 0 Å². The highest BCUT2D eigenvalue weighted by molar-refractivity contribution is 5.40. The average molecular weight is 263 g/mol. The molecule has 2 rings (SSSR count). The van der Waals surface area contributed by atoms with Crippen molar-refractivity contribution in [1.29, 1.82) is 0 Å². The van der Waals surface area contributed by atoms with Gasteiger partial charge in [0.2, 0.25) is 0 Å². The van der Waals surface area contributed by atoms with E-state index in [4.69, 9.17) is 5.73 Å². The summed E-state index contributed by atoms with van der Waals surface area (Å²) in [5, 5.41) is 9.76. The Bertz CT molecular complexity index is 389. The molecule has 4 nitrogen and oxygen atoms in total. The molecule has 1 aliphatic rings. The maximum Gasteiger partial charge on any atom is 0.128 e. The van der Waals surface area contributed by atoms with Crippen molar-refractivity contribution in [2.24, 2.45) is 11.1 Å². The van der Waals surface area contributed by atoms with Gasteiger partial charge in [-0.1, -0.05) is 19.4 Å². The lowest BCUT2D eigenvalue weighted by molar-refractivity contribution is 0.0952. The molecule has 1 aromatic rings. The molecule has 0 unspecified atom stereocenters. The van der Waals surface area contributed by atoms with E-state index >= 15 is 0 Å². The van der Waals surface area contributed by atoms with Gasteiger partial charge in [0.1, 0.15) is 5.82 Å². The van der Waals surface area contributed by atoms with E-state index in [2.05, 4.69) is 16.8 Å². The zero-order valence-electron chi connectivity index (χ0n) is 11.8. The Kier molecular flexibility index (Phi) is 4.77. The van der Waals surface area contributed by atoms with Gasteiger partial charge in [-0.05, 0) is 30.9 Å². The minimum atomic E-state index is 0.0568. The van der Waals surface area contributed by atoms with Gasteiger partial charge in [-0.25, -0.2) is 4.98 Å². The Labute approximate surface area is 115 Å². The summed E-state index contributed by atoms with van der Waals surface area (Å²) in [6.07, 6.45) is 6.30. The van der Waals surface area contributed by atoms with Crippen molar-refractivity contribution in [3.8, 4) is 0 Å². The molecule has 0 radical (unpaired) electrons. The first kappa shape index (κ1) is 14.3. The van der Waals surface area contributed by atoms with Crippen molar-refractivity contribution >= 4 is 5.82 Å². The Balaban J connectivity index is 2.11. The van der Waals surface area contributed by atoms with Crippen LogP contribution < -0.4 is 10.6 Å². The van der Waals surface area contributed by atoms with E-state index in [0.717, 1.165) is 50.2 Å². The van der Waals surface area contributed by atoms with Gasteiger partial charge in [-0.3, -0.25) is 0 Å². The summed E-state index contributed by atoms with van der Waals surface area (Å²) in [6.45, 7) is 4.93. The fourth-order valence-corrected chi connectivity index (χ4v) is 3.07. The number of hydrogen-bond acceptors (Lipinski definition) is 4. The van der Waals surface area contributed by atoms with Crippen LogP contribution in [0, 0.1) is 5.41 Å². The predicted octanol–water partition coefficient (Wildman–Crippen LogP) is 1.92. The monoisotopic (exact) mass is 263 g/mol. The average Bonchev–Trinajstić information content (AvgIpc) is 2.48. The maximum absolute atomic E-state index is 9.76. The first-order valence-corrected chi connectivity index (χ1v) is 7.24. The third-order valence-corrected chi connectivity index (χ3v) is 4.15. The first-order chi connectivity index (χ1) is 9.23. The smallest absolute Gasteiger partial charge is 0.128 e. The molecule has 3 N–H and O–H groups in total. The SMILES string of the molecule is CCC[C@]1(CO)CCCN(c2ccc(CN)cn2)C1. The number of pyridine rings is 1. The molecule has 2 heterocycles. The topological polar surface area (TPSA) is 62.4 Å². The second kappa shape index (κ2) is 6.35. The van der Waals surface area contributed by atoms with E-state index in [1.54, 1.807) is 0 Å². The third-order valence-electron chi connectivity index (χ3n) is 4.15. The van der Waals surface area contributed by atoms with Crippen molar-refractivity contribution in [2.45, 2.75) is 39.2 Å². The number of aliphatic hydroxyl groups is 1.